The Balaban J connectivity index is 1.63. The number of carbonyl (C=O) groups is 1. The average Bonchev–Trinajstić information content (AvgIpc) is 2.98. The normalized spacial score (nSPS) is 16.6. The summed E-state index contributed by atoms with van der Waals surface area (Å²) in [6.45, 7) is 9.01. The molecule has 7 nitrogen and oxygen atoms in total. The second kappa shape index (κ2) is 7.79. The minimum atomic E-state index is -0.663. The van der Waals surface area contributed by atoms with Crippen molar-refractivity contribution in [3.63, 3.8) is 0 Å². The van der Waals surface area contributed by atoms with E-state index in [1.165, 1.54) is 12.1 Å². The molecular formula is C20H28FN5O2. The number of halogens is 1. The monoisotopic (exact) mass is 389 g/mol. The number of fused-ring (bicyclic) bond motifs is 1. The summed E-state index contributed by atoms with van der Waals surface area (Å²) in [4.78, 5) is 20.3. The molecule has 28 heavy (non-hydrogen) atoms. The zero-order chi connectivity index (χ0) is 20.5. The second-order valence-corrected chi connectivity index (χ2v) is 7.59. The molecule has 1 fully saturated rings. The summed E-state index contributed by atoms with van der Waals surface area (Å²) in [7, 11) is 1.74. The third-order valence-corrected chi connectivity index (χ3v) is 5.59. The summed E-state index contributed by atoms with van der Waals surface area (Å²) in [6, 6.07) is 4.54. The predicted molar refractivity (Wildman–Crippen MR) is 108 cm³/mol. The van der Waals surface area contributed by atoms with Crippen molar-refractivity contribution < 1.29 is 13.6 Å². The number of amides is 1. The summed E-state index contributed by atoms with van der Waals surface area (Å²) in [5.41, 5.74) is 6.46. The number of piperazine rings is 1. The number of benzene rings is 1. The molecule has 152 valence electrons. The van der Waals surface area contributed by atoms with E-state index in [1.807, 2.05) is 20.8 Å². The van der Waals surface area contributed by atoms with E-state index in [9.17, 15) is 9.18 Å². The molecule has 1 aliphatic rings. The molecule has 0 spiro atoms. The Bertz CT molecular complexity index is 897. The lowest BCUT2D eigenvalue weighted by Gasteiger charge is -2.43. The van der Waals surface area contributed by atoms with E-state index in [2.05, 4.69) is 20.1 Å². The molecule has 2 heterocycles. The van der Waals surface area contributed by atoms with Crippen LogP contribution in [0.25, 0.3) is 11.0 Å². The maximum absolute atomic E-state index is 13.5. The largest absolute Gasteiger partial charge is 0.459 e. The van der Waals surface area contributed by atoms with Crippen LogP contribution in [0.5, 0.6) is 0 Å². The maximum Gasteiger partial charge on any atom is 0.237 e. The van der Waals surface area contributed by atoms with Crippen LogP contribution in [-0.4, -0.2) is 60.4 Å². The fourth-order valence-electron chi connectivity index (χ4n) is 3.54. The van der Waals surface area contributed by atoms with Gasteiger partial charge in [0.15, 0.2) is 5.96 Å². The number of aryl methyl sites for hydroxylation is 1. The lowest BCUT2D eigenvalue weighted by Crippen LogP contribution is -2.61. The van der Waals surface area contributed by atoms with Gasteiger partial charge in [0.1, 0.15) is 17.2 Å². The number of aliphatic imine (C=N–C) groups is 1. The van der Waals surface area contributed by atoms with Crippen LogP contribution in [0.2, 0.25) is 0 Å². The summed E-state index contributed by atoms with van der Waals surface area (Å²) >= 11 is 0. The standard InChI is InChI=1S/C20H28FN5O2/c1-13-15-11-14(21)5-6-16(15)28-17(13)12-24-19(23-4)25-7-9-26(10-8-25)20(2,3)18(22)27/h5-6,11H,7-10,12H2,1-4H3,(H2,22,27)(H,23,24). The molecular weight excluding hydrogens is 361 g/mol. The Hall–Kier alpha value is -2.61. The Labute approximate surface area is 164 Å². The minimum absolute atomic E-state index is 0.275. The molecule has 1 amide bonds. The first-order valence-corrected chi connectivity index (χ1v) is 9.42. The molecule has 0 saturated carbocycles. The molecule has 1 saturated heterocycles. The van der Waals surface area contributed by atoms with Gasteiger partial charge in [0.05, 0.1) is 12.1 Å². The molecule has 1 aliphatic heterocycles. The number of furan rings is 1. The molecule has 8 heteroatoms. The molecule has 1 aromatic carbocycles. The molecule has 0 aliphatic carbocycles. The third kappa shape index (κ3) is 3.82. The molecule has 3 N–H and O–H groups in total. The Morgan fingerprint density at radius 2 is 2.00 bits per heavy atom. The number of nitrogens with one attached hydrogen (secondary N) is 1. The highest BCUT2D eigenvalue weighted by Gasteiger charge is 2.35. The van der Waals surface area contributed by atoms with Crippen LogP contribution in [0.15, 0.2) is 27.6 Å². The van der Waals surface area contributed by atoms with Crippen LogP contribution in [0, 0.1) is 12.7 Å². The van der Waals surface area contributed by atoms with Gasteiger partial charge in [0, 0.05) is 44.2 Å². The molecule has 0 bridgehead atoms. The number of hydrogen-bond acceptors (Lipinski definition) is 4. The average molecular weight is 389 g/mol. The number of guanidine groups is 1. The third-order valence-electron chi connectivity index (χ3n) is 5.59. The second-order valence-electron chi connectivity index (χ2n) is 7.59. The van der Waals surface area contributed by atoms with E-state index in [1.54, 1.807) is 13.1 Å². The van der Waals surface area contributed by atoms with E-state index >= 15 is 0 Å². The van der Waals surface area contributed by atoms with Gasteiger partial charge < -0.3 is 20.4 Å². The Morgan fingerprint density at radius 3 is 2.61 bits per heavy atom. The predicted octanol–water partition coefficient (Wildman–Crippen LogP) is 1.84. The van der Waals surface area contributed by atoms with E-state index in [-0.39, 0.29) is 11.7 Å². The number of nitrogens with zero attached hydrogens (tertiary/aromatic N) is 3. The van der Waals surface area contributed by atoms with Gasteiger partial charge in [-0.1, -0.05) is 0 Å². The minimum Gasteiger partial charge on any atom is -0.459 e. The van der Waals surface area contributed by atoms with Gasteiger partial charge in [-0.3, -0.25) is 14.7 Å². The van der Waals surface area contributed by atoms with Crippen molar-refractivity contribution in [2.75, 3.05) is 33.2 Å². The fraction of sp³-hybridized carbons (Fsp3) is 0.500. The van der Waals surface area contributed by atoms with Crippen LogP contribution in [0.3, 0.4) is 0 Å². The number of rotatable bonds is 4. The van der Waals surface area contributed by atoms with Crippen molar-refractivity contribution in [3.05, 3.63) is 35.3 Å². The van der Waals surface area contributed by atoms with Crippen LogP contribution < -0.4 is 11.1 Å². The van der Waals surface area contributed by atoms with Gasteiger partial charge in [0.2, 0.25) is 5.91 Å². The lowest BCUT2D eigenvalue weighted by molar-refractivity contribution is -0.129. The molecule has 2 aromatic rings. The van der Waals surface area contributed by atoms with Crippen molar-refractivity contribution in [2.24, 2.45) is 10.7 Å². The SMILES string of the molecule is CN=C(NCc1oc2ccc(F)cc2c1C)N1CCN(C(C)(C)C(N)=O)CC1. The first-order valence-electron chi connectivity index (χ1n) is 9.42. The van der Waals surface area contributed by atoms with Crippen LogP contribution in [0.4, 0.5) is 4.39 Å². The van der Waals surface area contributed by atoms with E-state index < -0.39 is 5.54 Å². The fourth-order valence-corrected chi connectivity index (χ4v) is 3.54. The molecule has 0 radical (unpaired) electrons. The lowest BCUT2D eigenvalue weighted by atomic mass is 10.0. The van der Waals surface area contributed by atoms with Gasteiger partial charge in [-0.25, -0.2) is 4.39 Å². The smallest absolute Gasteiger partial charge is 0.237 e. The van der Waals surface area contributed by atoms with E-state index in [0.29, 0.717) is 12.1 Å². The molecule has 1 aromatic heterocycles. The number of primary amides is 1. The van der Waals surface area contributed by atoms with Crippen LogP contribution >= 0.6 is 0 Å². The van der Waals surface area contributed by atoms with Crippen molar-refractivity contribution in [3.8, 4) is 0 Å². The van der Waals surface area contributed by atoms with Gasteiger partial charge in [-0.15, -0.1) is 0 Å². The van der Waals surface area contributed by atoms with Gasteiger partial charge in [-0.2, -0.15) is 0 Å². The van der Waals surface area contributed by atoms with Crippen molar-refractivity contribution in [1.82, 2.24) is 15.1 Å². The van der Waals surface area contributed by atoms with E-state index in [4.69, 9.17) is 10.2 Å². The van der Waals surface area contributed by atoms with Crippen LogP contribution in [0.1, 0.15) is 25.2 Å². The number of hydrogen-bond donors (Lipinski definition) is 2. The summed E-state index contributed by atoms with van der Waals surface area (Å²) in [6.07, 6.45) is 0. The molecule has 3 rings (SSSR count). The van der Waals surface area contributed by atoms with Crippen molar-refractivity contribution in [1.29, 1.82) is 0 Å². The topological polar surface area (TPSA) is 87.1 Å². The van der Waals surface area contributed by atoms with Crippen LogP contribution in [-0.2, 0) is 11.3 Å². The maximum atomic E-state index is 13.5. The van der Waals surface area contributed by atoms with Gasteiger partial charge in [-0.05, 0) is 39.0 Å². The highest BCUT2D eigenvalue weighted by molar-refractivity contribution is 5.84. The van der Waals surface area contributed by atoms with Gasteiger partial charge >= 0.3 is 0 Å². The highest BCUT2D eigenvalue weighted by atomic mass is 19.1. The van der Waals surface area contributed by atoms with Crippen molar-refractivity contribution >= 4 is 22.8 Å². The Morgan fingerprint density at radius 1 is 1.32 bits per heavy atom. The summed E-state index contributed by atoms with van der Waals surface area (Å²) < 4.78 is 19.3. The number of carbonyl (C=O) groups excluding carboxylic acids is 1. The first kappa shape index (κ1) is 20.1. The zero-order valence-electron chi connectivity index (χ0n) is 16.9. The quantitative estimate of drug-likeness (QED) is 0.615. The van der Waals surface area contributed by atoms with Crippen molar-refractivity contribution in [2.45, 2.75) is 32.9 Å². The molecule has 0 unspecified atom stereocenters. The highest BCUT2D eigenvalue weighted by Crippen LogP contribution is 2.26. The van der Waals surface area contributed by atoms with Gasteiger partial charge in [0.25, 0.3) is 0 Å². The number of nitrogens with two attached hydrogens (primary N) is 1. The Kier molecular flexibility index (Phi) is 5.60. The zero-order valence-corrected chi connectivity index (χ0v) is 16.9. The molecule has 0 atom stereocenters. The first-order chi connectivity index (χ1) is 13.2. The summed E-state index contributed by atoms with van der Waals surface area (Å²) in [5, 5.41) is 4.11. The van der Waals surface area contributed by atoms with E-state index in [0.717, 1.165) is 48.8 Å². The summed E-state index contributed by atoms with van der Waals surface area (Å²) in [5.74, 6) is 0.932.